The Balaban J connectivity index is 1.50. The van der Waals surface area contributed by atoms with Crippen LogP contribution in [0, 0.1) is 5.21 Å². The SMILES string of the molecule is Cn1c2ccccc2c2cc(/C=C/Oc3ncccc3-c3cncnc3)c[n+]([O-])c21. The van der Waals surface area contributed by atoms with Gasteiger partial charge in [0.2, 0.25) is 5.88 Å². The van der Waals surface area contributed by atoms with E-state index in [2.05, 4.69) is 15.0 Å². The van der Waals surface area contributed by atoms with Crippen molar-refractivity contribution < 1.29 is 9.47 Å². The van der Waals surface area contributed by atoms with Gasteiger partial charge in [0.05, 0.1) is 18.7 Å². The number of rotatable bonds is 4. The summed E-state index contributed by atoms with van der Waals surface area (Å²) in [5.41, 5.74) is 3.95. The number of pyridine rings is 2. The Morgan fingerprint density at radius 2 is 1.90 bits per heavy atom. The fourth-order valence-electron chi connectivity index (χ4n) is 3.63. The highest BCUT2D eigenvalue weighted by Gasteiger charge is 2.16. The Kier molecular flexibility index (Phi) is 4.33. The molecule has 0 saturated carbocycles. The first-order chi connectivity index (χ1) is 14.7. The number of fused-ring (bicyclic) bond motifs is 3. The molecule has 30 heavy (non-hydrogen) atoms. The molecule has 0 amide bonds. The lowest BCUT2D eigenvalue weighted by molar-refractivity contribution is -0.580. The van der Waals surface area contributed by atoms with E-state index >= 15 is 0 Å². The third-order valence-corrected chi connectivity index (χ3v) is 4.98. The van der Waals surface area contributed by atoms with Crippen LogP contribution in [0.15, 0.2) is 79.8 Å². The molecule has 0 N–H and O–H groups in total. The molecule has 0 radical (unpaired) electrons. The average molecular weight is 395 g/mol. The summed E-state index contributed by atoms with van der Waals surface area (Å²) in [6.45, 7) is 0. The molecule has 146 valence electrons. The van der Waals surface area contributed by atoms with Crippen molar-refractivity contribution in [1.82, 2.24) is 19.5 Å². The molecule has 0 bridgehead atoms. The number of aromatic nitrogens is 5. The lowest BCUT2D eigenvalue weighted by Gasteiger charge is -2.07. The number of ether oxygens (including phenoxy) is 1. The zero-order valence-electron chi connectivity index (χ0n) is 16.1. The summed E-state index contributed by atoms with van der Waals surface area (Å²) in [5.74, 6) is 0.435. The van der Waals surface area contributed by atoms with Crippen LogP contribution in [0.1, 0.15) is 5.56 Å². The summed E-state index contributed by atoms with van der Waals surface area (Å²) in [6.07, 6.45) is 11.3. The lowest BCUT2D eigenvalue weighted by atomic mass is 10.1. The van der Waals surface area contributed by atoms with Crippen LogP contribution in [-0.2, 0) is 7.05 Å². The summed E-state index contributed by atoms with van der Waals surface area (Å²) in [5, 5.41) is 14.6. The van der Waals surface area contributed by atoms with E-state index in [1.165, 1.54) is 18.8 Å². The maximum absolute atomic E-state index is 12.7. The fraction of sp³-hybridized carbons (Fsp3) is 0.0435. The largest absolute Gasteiger partial charge is 0.711 e. The van der Waals surface area contributed by atoms with Crippen molar-refractivity contribution in [1.29, 1.82) is 0 Å². The van der Waals surface area contributed by atoms with Gasteiger partial charge in [-0.2, -0.15) is 0 Å². The first kappa shape index (κ1) is 17.8. The van der Waals surface area contributed by atoms with Gasteiger partial charge in [0.15, 0.2) is 0 Å². The molecule has 7 heteroatoms. The fourth-order valence-corrected chi connectivity index (χ4v) is 3.63. The maximum Gasteiger partial charge on any atom is 0.292 e. The summed E-state index contributed by atoms with van der Waals surface area (Å²) in [7, 11) is 1.90. The van der Waals surface area contributed by atoms with E-state index in [1.807, 2.05) is 54.1 Å². The molecular weight excluding hydrogens is 378 g/mol. The van der Waals surface area contributed by atoms with Gasteiger partial charge in [-0.1, -0.05) is 12.1 Å². The van der Waals surface area contributed by atoms with Gasteiger partial charge in [0.1, 0.15) is 18.0 Å². The number of aryl methyl sites for hydroxylation is 1. The Morgan fingerprint density at radius 3 is 2.77 bits per heavy atom. The molecule has 0 atom stereocenters. The summed E-state index contributed by atoms with van der Waals surface area (Å²) in [6, 6.07) is 13.7. The zero-order chi connectivity index (χ0) is 20.5. The van der Waals surface area contributed by atoms with Crippen LogP contribution in [-0.4, -0.2) is 19.5 Å². The number of nitrogens with zero attached hydrogens (tertiary/aromatic N) is 5. The quantitative estimate of drug-likeness (QED) is 0.262. The lowest BCUT2D eigenvalue weighted by Crippen LogP contribution is -2.28. The highest BCUT2D eigenvalue weighted by Crippen LogP contribution is 2.28. The maximum atomic E-state index is 12.7. The van der Waals surface area contributed by atoms with Crippen molar-refractivity contribution >= 4 is 28.0 Å². The molecule has 4 heterocycles. The summed E-state index contributed by atoms with van der Waals surface area (Å²) < 4.78 is 8.57. The predicted octanol–water partition coefficient (Wildman–Crippen LogP) is 3.87. The molecule has 5 rings (SSSR count). The van der Waals surface area contributed by atoms with Crippen molar-refractivity contribution in [2.75, 3.05) is 0 Å². The number of benzene rings is 1. The van der Waals surface area contributed by atoms with Gasteiger partial charge in [0.25, 0.3) is 5.65 Å². The van der Waals surface area contributed by atoms with E-state index in [4.69, 9.17) is 4.74 Å². The van der Waals surface area contributed by atoms with Gasteiger partial charge in [-0.3, -0.25) is 0 Å². The van der Waals surface area contributed by atoms with E-state index in [0.29, 0.717) is 11.5 Å². The minimum Gasteiger partial charge on any atom is -0.711 e. The van der Waals surface area contributed by atoms with E-state index < -0.39 is 0 Å². The van der Waals surface area contributed by atoms with Gasteiger partial charge in [-0.15, -0.1) is 0 Å². The summed E-state index contributed by atoms with van der Waals surface area (Å²) >= 11 is 0. The molecule has 5 aromatic rings. The molecule has 1 aromatic carbocycles. The molecule has 0 unspecified atom stereocenters. The number of hydrogen-bond donors (Lipinski definition) is 0. The van der Waals surface area contributed by atoms with Gasteiger partial charge in [-0.05, 0) is 36.4 Å². The van der Waals surface area contributed by atoms with Crippen molar-refractivity contribution in [3.05, 3.63) is 90.6 Å². The van der Waals surface area contributed by atoms with E-state index in [0.717, 1.165) is 37.7 Å². The molecule has 0 aliphatic carbocycles. The second-order valence-corrected chi connectivity index (χ2v) is 6.82. The van der Waals surface area contributed by atoms with Crippen LogP contribution in [0.3, 0.4) is 0 Å². The van der Waals surface area contributed by atoms with Crippen molar-refractivity contribution in [2.45, 2.75) is 0 Å². The second-order valence-electron chi connectivity index (χ2n) is 6.82. The van der Waals surface area contributed by atoms with Crippen LogP contribution in [0.5, 0.6) is 5.88 Å². The van der Waals surface area contributed by atoms with Crippen molar-refractivity contribution in [2.24, 2.45) is 7.05 Å². The first-order valence-corrected chi connectivity index (χ1v) is 9.36. The smallest absolute Gasteiger partial charge is 0.292 e. The molecule has 4 aromatic heterocycles. The molecular formula is C23H17N5O2. The Hall–Kier alpha value is -4.26. The van der Waals surface area contributed by atoms with Crippen molar-refractivity contribution in [3.63, 3.8) is 0 Å². The highest BCUT2D eigenvalue weighted by molar-refractivity contribution is 6.06. The van der Waals surface area contributed by atoms with Gasteiger partial charge in [-0.25, -0.2) is 24.2 Å². The van der Waals surface area contributed by atoms with E-state index in [9.17, 15) is 5.21 Å². The second kappa shape index (κ2) is 7.29. The third-order valence-electron chi connectivity index (χ3n) is 4.98. The number of hydrogen-bond acceptors (Lipinski definition) is 5. The monoisotopic (exact) mass is 395 g/mol. The first-order valence-electron chi connectivity index (χ1n) is 9.36. The molecule has 0 aliphatic heterocycles. The normalized spacial score (nSPS) is 11.5. The van der Waals surface area contributed by atoms with E-state index in [-0.39, 0.29) is 0 Å². The molecule has 7 nitrogen and oxygen atoms in total. The van der Waals surface area contributed by atoms with Crippen LogP contribution >= 0.6 is 0 Å². The van der Waals surface area contributed by atoms with Crippen LogP contribution < -0.4 is 9.47 Å². The standard InChI is InChI=1S/C23H17N5O2/c1-27-21-7-3-2-5-19(21)20-11-16(14-28(29)23(20)27)8-10-30-22-18(6-4-9-26-22)17-12-24-15-25-13-17/h2-15H,1H3/b10-8+. The third kappa shape index (κ3) is 3.02. The molecule has 0 spiro atoms. The minimum atomic E-state index is 0.435. The number of para-hydroxylation sites is 1. The molecule has 0 saturated heterocycles. The average Bonchev–Trinajstić information content (AvgIpc) is 3.07. The Morgan fingerprint density at radius 1 is 1.07 bits per heavy atom. The highest BCUT2D eigenvalue weighted by atomic mass is 16.5. The minimum absolute atomic E-state index is 0.435. The van der Waals surface area contributed by atoms with Crippen LogP contribution in [0.25, 0.3) is 39.1 Å². The topological polar surface area (TPSA) is 79.8 Å². The van der Waals surface area contributed by atoms with E-state index in [1.54, 1.807) is 24.7 Å². The Labute approximate surface area is 172 Å². The predicted molar refractivity (Wildman–Crippen MR) is 114 cm³/mol. The van der Waals surface area contributed by atoms with Crippen LogP contribution in [0.4, 0.5) is 0 Å². The molecule has 0 fully saturated rings. The van der Waals surface area contributed by atoms with Crippen LogP contribution in [0.2, 0.25) is 0 Å². The van der Waals surface area contributed by atoms with Gasteiger partial charge >= 0.3 is 0 Å². The Bertz CT molecular complexity index is 1390. The zero-order valence-corrected chi connectivity index (χ0v) is 16.1. The van der Waals surface area contributed by atoms with Gasteiger partial charge < -0.3 is 9.94 Å². The summed E-state index contributed by atoms with van der Waals surface area (Å²) in [4.78, 5) is 12.4. The molecule has 0 aliphatic rings. The van der Waals surface area contributed by atoms with Crippen molar-refractivity contribution in [3.8, 4) is 17.0 Å². The van der Waals surface area contributed by atoms with Gasteiger partial charge in [0, 0.05) is 40.7 Å².